The fourth-order valence-electron chi connectivity index (χ4n) is 1.25. The van der Waals surface area contributed by atoms with Gasteiger partial charge >= 0.3 is 5.97 Å². The number of aryl methyl sites for hydroxylation is 1. The zero-order valence-corrected chi connectivity index (χ0v) is 13.0. The molecule has 0 aliphatic rings. The molecule has 0 aliphatic carbocycles. The van der Waals surface area contributed by atoms with Gasteiger partial charge < -0.3 is 9.53 Å². The number of carbonyl (C=O) groups is 1. The van der Waals surface area contributed by atoms with Gasteiger partial charge in [-0.1, -0.05) is 26.8 Å². The van der Waals surface area contributed by atoms with E-state index in [9.17, 15) is 9.90 Å². The van der Waals surface area contributed by atoms with Crippen molar-refractivity contribution in [3.63, 3.8) is 0 Å². The standard InChI is InChI=1S/C14H22O3Si/c1-10-7-8-11(12(15)9-10)13(16)17-18(5,6)14(2,3)4/h7-9,15H,1-6H3. The second-order valence-electron chi connectivity index (χ2n) is 6.17. The lowest BCUT2D eigenvalue weighted by Gasteiger charge is -2.35. The maximum atomic E-state index is 12.1. The average molecular weight is 266 g/mol. The van der Waals surface area contributed by atoms with Crippen LogP contribution in [0.3, 0.4) is 0 Å². The summed E-state index contributed by atoms with van der Waals surface area (Å²) in [7, 11) is -2.15. The molecule has 0 spiro atoms. The van der Waals surface area contributed by atoms with Gasteiger partial charge in [-0.15, -0.1) is 0 Å². The van der Waals surface area contributed by atoms with Crippen molar-refractivity contribution in [2.75, 3.05) is 0 Å². The van der Waals surface area contributed by atoms with E-state index in [1.807, 2.05) is 20.0 Å². The van der Waals surface area contributed by atoms with Crippen molar-refractivity contribution in [3.8, 4) is 5.75 Å². The molecule has 0 heterocycles. The minimum absolute atomic E-state index is 0.0151. The number of phenols is 1. The molecule has 0 radical (unpaired) electrons. The molecule has 3 nitrogen and oxygen atoms in total. The summed E-state index contributed by atoms with van der Waals surface area (Å²) in [5.74, 6) is -0.446. The van der Waals surface area contributed by atoms with E-state index in [0.717, 1.165) is 5.56 Å². The van der Waals surface area contributed by atoms with Crippen LogP contribution in [0.25, 0.3) is 0 Å². The normalized spacial score (nSPS) is 12.3. The molecule has 0 saturated heterocycles. The smallest absolute Gasteiger partial charge is 0.328 e. The van der Waals surface area contributed by atoms with Gasteiger partial charge in [0.2, 0.25) is 0 Å². The highest BCUT2D eigenvalue weighted by Crippen LogP contribution is 2.37. The van der Waals surface area contributed by atoms with E-state index in [2.05, 4.69) is 20.8 Å². The molecule has 1 aromatic carbocycles. The van der Waals surface area contributed by atoms with Gasteiger partial charge in [0, 0.05) is 0 Å². The van der Waals surface area contributed by atoms with E-state index in [-0.39, 0.29) is 16.4 Å². The Kier molecular flexibility index (Phi) is 3.91. The Morgan fingerprint density at radius 2 is 1.83 bits per heavy atom. The van der Waals surface area contributed by atoms with Crippen LogP contribution in [0, 0.1) is 6.92 Å². The first kappa shape index (κ1) is 14.8. The van der Waals surface area contributed by atoms with Crippen LogP contribution in [-0.4, -0.2) is 19.4 Å². The van der Waals surface area contributed by atoms with E-state index < -0.39 is 14.3 Å². The Labute approximate surface area is 110 Å². The number of hydrogen-bond donors (Lipinski definition) is 1. The lowest BCUT2D eigenvalue weighted by molar-refractivity contribution is 0.0709. The third-order valence-corrected chi connectivity index (χ3v) is 7.84. The van der Waals surface area contributed by atoms with Crippen molar-refractivity contribution in [2.24, 2.45) is 0 Å². The molecular weight excluding hydrogens is 244 g/mol. The van der Waals surface area contributed by atoms with Crippen molar-refractivity contribution < 1.29 is 14.3 Å². The zero-order chi connectivity index (χ0) is 14.1. The van der Waals surface area contributed by atoms with Gasteiger partial charge in [-0.25, -0.2) is 4.79 Å². The Bertz CT molecular complexity index is 459. The van der Waals surface area contributed by atoms with Crippen molar-refractivity contribution in [3.05, 3.63) is 29.3 Å². The van der Waals surface area contributed by atoms with Crippen LogP contribution in [-0.2, 0) is 4.43 Å². The van der Waals surface area contributed by atoms with Gasteiger partial charge in [-0.3, -0.25) is 0 Å². The molecule has 0 saturated carbocycles. The fraction of sp³-hybridized carbons (Fsp3) is 0.500. The van der Waals surface area contributed by atoms with Crippen molar-refractivity contribution in [1.82, 2.24) is 0 Å². The lowest BCUT2D eigenvalue weighted by Crippen LogP contribution is -2.42. The number of aromatic hydroxyl groups is 1. The summed E-state index contributed by atoms with van der Waals surface area (Å²) in [5.41, 5.74) is 1.15. The minimum atomic E-state index is -2.15. The summed E-state index contributed by atoms with van der Waals surface area (Å²) in [6, 6.07) is 4.98. The Morgan fingerprint density at radius 3 is 2.28 bits per heavy atom. The van der Waals surface area contributed by atoms with E-state index in [1.165, 1.54) is 0 Å². The summed E-state index contributed by atoms with van der Waals surface area (Å²) < 4.78 is 5.65. The summed E-state index contributed by atoms with van der Waals surface area (Å²) in [6.45, 7) is 12.1. The Hall–Kier alpha value is -1.29. The molecule has 0 bridgehead atoms. The third kappa shape index (κ3) is 3.13. The average Bonchev–Trinajstić information content (AvgIpc) is 2.14. The maximum absolute atomic E-state index is 12.1. The van der Waals surface area contributed by atoms with Crippen molar-refractivity contribution in [2.45, 2.75) is 45.8 Å². The van der Waals surface area contributed by atoms with Crippen LogP contribution in [0.15, 0.2) is 18.2 Å². The summed E-state index contributed by atoms with van der Waals surface area (Å²) >= 11 is 0. The lowest BCUT2D eigenvalue weighted by atomic mass is 10.1. The number of benzene rings is 1. The third-order valence-electron chi connectivity index (χ3n) is 3.53. The number of phenolic OH excluding ortho intramolecular Hbond substituents is 1. The zero-order valence-electron chi connectivity index (χ0n) is 12.0. The highest BCUT2D eigenvalue weighted by molar-refractivity contribution is 6.75. The topological polar surface area (TPSA) is 46.5 Å². The second-order valence-corrected chi connectivity index (χ2v) is 10.9. The fourth-order valence-corrected chi connectivity index (χ4v) is 2.13. The predicted octanol–water partition coefficient (Wildman–Crippen LogP) is 3.86. The van der Waals surface area contributed by atoms with Gasteiger partial charge in [0.05, 0.1) is 5.56 Å². The SMILES string of the molecule is Cc1ccc(C(=O)O[Si](C)(C)C(C)(C)C)c(O)c1. The first-order valence-corrected chi connectivity index (χ1v) is 8.98. The van der Waals surface area contributed by atoms with E-state index in [1.54, 1.807) is 18.2 Å². The quantitative estimate of drug-likeness (QED) is 0.827. The van der Waals surface area contributed by atoms with Gasteiger partial charge in [-0.05, 0) is 42.8 Å². The van der Waals surface area contributed by atoms with E-state index in [4.69, 9.17) is 4.43 Å². The van der Waals surface area contributed by atoms with Gasteiger partial charge in [-0.2, -0.15) is 0 Å². The van der Waals surface area contributed by atoms with Crippen LogP contribution >= 0.6 is 0 Å². The first-order chi connectivity index (χ1) is 8.04. The van der Waals surface area contributed by atoms with Crippen LogP contribution in [0.4, 0.5) is 0 Å². The van der Waals surface area contributed by atoms with Crippen LogP contribution < -0.4 is 0 Å². The minimum Gasteiger partial charge on any atom is -0.516 e. The van der Waals surface area contributed by atoms with Gasteiger partial charge in [0.1, 0.15) is 5.75 Å². The highest BCUT2D eigenvalue weighted by atomic mass is 28.4. The first-order valence-electron chi connectivity index (χ1n) is 6.07. The molecule has 0 amide bonds. The molecule has 1 rings (SSSR count). The summed E-state index contributed by atoms with van der Waals surface area (Å²) in [6.07, 6.45) is 0. The van der Waals surface area contributed by atoms with Crippen LogP contribution in [0.5, 0.6) is 5.75 Å². The molecule has 0 fully saturated rings. The molecule has 18 heavy (non-hydrogen) atoms. The monoisotopic (exact) mass is 266 g/mol. The van der Waals surface area contributed by atoms with Gasteiger partial charge in [0.25, 0.3) is 8.32 Å². The summed E-state index contributed by atoms with van der Waals surface area (Å²) in [4.78, 5) is 12.1. The maximum Gasteiger partial charge on any atom is 0.328 e. The molecule has 1 aromatic rings. The molecule has 0 atom stereocenters. The Balaban J connectivity index is 2.96. The molecule has 0 aromatic heterocycles. The molecular formula is C14H22O3Si. The predicted molar refractivity (Wildman–Crippen MR) is 75.5 cm³/mol. The second kappa shape index (κ2) is 4.76. The molecule has 1 N–H and O–H groups in total. The molecule has 0 unspecified atom stereocenters. The van der Waals surface area contributed by atoms with E-state index in [0.29, 0.717) is 0 Å². The van der Waals surface area contributed by atoms with Crippen molar-refractivity contribution >= 4 is 14.3 Å². The van der Waals surface area contributed by atoms with Crippen LogP contribution in [0.1, 0.15) is 36.7 Å². The van der Waals surface area contributed by atoms with Gasteiger partial charge in [0.15, 0.2) is 0 Å². The van der Waals surface area contributed by atoms with E-state index >= 15 is 0 Å². The summed E-state index contributed by atoms with van der Waals surface area (Å²) in [5, 5.41) is 9.74. The molecule has 0 aliphatic heterocycles. The largest absolute Gasteiger partial charge is 0.516 e. The number of carbonyl (C=O) groups excluding carboxylic acids is 1. The van der Waals surface area contributed by atoms with Crippen LogP contribution in [0.2, 0.25) is 18.1 Å². The molecule has 4 heteroatoms. The number of hydrogen-bond acceptors (Lipinski definition) is 3. The molecule has 100 valence electrons. The highest BCUT2D eigenvalue weighted by Gasteiger charge is 2.40. The Morgan fingerprint density at radius 1 is 1.28 bits per heavy atom. The van der Waals surface area contributed by atoms with Crippen molar-refractivity contribution in [1.29, 1.82) is 0 Å². The number of rotatable bonds is 2.